The molecule has 0 radical (unpaired) electrons. The number of carbonyl (C=O) groups excluding carboxylic acids is 1. The van der Waals surface area contributed by atoms with Gasteiger partial charge in [-0.2, -0.15) is 0 Å². The molecule has 2 aliphatic heterocycles. The molecule has 1 atom stereocenters. The van der Waals surface area contributed by atoms with Crippen molar-refractivity contribution in [1.82, 2.24) is 9.88 Å². The number of rotatable bonds is 2. The van der Waals surface area contributed by atoms with E-state index in [2.05, 4.69) is 14.8 Å². The first-order valence-corrected chi connectivity index (χ1v) is 6.41. The van der Waals surface area contributed by atoms with E-state index in [9.17, 15) is 4.79 Å². The van der Waals surface area contributed by atoms with Gasteiger partial charge < -0.3 is 9.64 Å². The van der Waals surface area contributed by atoms with Crippen LogP contribution in [0.2, 0.25) is 0 Å². The molecule has 1 aromatic heterocycles. The molecule has 0 aliphatic carbocycles. The third-order valence-electron chi connectivity index (χ3n) is 3.64. The van der Waals surface area contributed by atoms with Crippen LogP contribution in [-0.2, 0) is 9.53 Å². The molecule has 1 aromatic rings. The van der Waals surface area contributed by atoms with Crippen molar-refractivity contribution in [1.29, 1.82) is 0 Å². The molecular formula is C13H17N3O2. The predicted octanol–water partition coefficient (Wildman–Crippen LogP) is 0.519. The average molecular weight is 247 g/mol. The Hall–Kier alpha value is -1.62. The molecule has 5 nitrogen and oxygen atoms in total. The number of pyridine rings is 1. The minimum atomic E-state index is -0.0544. The first-order valence-electron chi connectivity index (χ1n) is 6.41. The Kier molecular flexibility index (Phi) is 3.15. The third kappa shape index (κ3) is 2.18. The summed E-state index contributed by atoms with van der Waals surface area (Å²) in [6, 6.07) is 5.94. The van der Waals surface area contributed by atoms with Crippen LogP contribution in [0.3, 0.4) is 0 Å². The Labute approximate surface area is 106 Å². The summed E-state index contributed by atoms with van der Waals surface area (Å²) in [6.45, 7) is 4.21. The van der Waals surface area contributed by atoms with Gasteiger partial charge in [-0.3, -0.25) is 9.69 Å². The summed E-state index contributed by atoms with van der Waals surface area (Å²) in [6.07, 6.45) is 2.65. The summed E-state index contributed by atoms with van der Waals surface area (Å²) in [5, 5.41) is 0. The summed E-state index contributed by atoms with van der Waals surface area (Å²) >= 11 is 0. The highest BCUT2D eigenvalue weighted by molar-refractivity contribution is 5.77. The lowest BCUT2D eigenvalue weighted by Crippen LogP contribution is -2.51. The Morgan fingerprint density at radius 3 is 2.67 bits per heavy atom. The molecule has 3 heterocycles. The second-order valence-electron chi connectivity index (χ2n) is 4.68. The minimum absolute atomic E-state index is 0.0177. The maximum atomic E-state index is 11.5. The largest absolute Gasteiger partial charge is 0.464 e. The lowest BCUT2D eigenvalue weighted by atomic mass is 10.2. The molecule has 0 unspecified atom stereocenters. The van der Waals surface area contributed by atoms with Crippen molar-refractivity contribution in [3.05, 3.63) is 24.4 Å². The standard InChI is InChI=1S/C13H17N3O2/c17-13-11(4-10-18-13)15-6-8-16(9-7-15)12-3-1-2-5-14-12/h1-3,5,11H,4,6-10H2/t11-/m1/s1. The van der Waals surface area contributed by atoms with Crippen molar-refractivity contribution in [2.75, 3.05) is 37.7 Å². The van der Waals surface area contributed by atoms with Crippen molar-refractivity contribution in [2.24, 2.45) is 0 Å². The molecular weight excluding hydrogens is 230 g/mol. The van der Waals surface area contributed by atoms with Crippen molar-refractivity contribution >= 4 is 11.8 Å². The number of piperazine rings is 1. The summed E-state index contributed by atoms with van der Waals surface area (Å²) in [5.74, 6) is 0.965. The number of anilines is 1. The molecule has 0 amide bonds. The molecule has 0 saturated carbocycles. The number of esters is 1. The smallest absolute Gasteiger partial charge is 0.323 e. The molecule has 2 saturated heterocycles. The Bertz CT molecular complexity index is 416. The zero-order chi connectivity index (χ0) is 12.4. The van der Waals surface area contributed by atoms with E-state index in [0.29, 0.717) is 6.61 Å². The first-order chi connectivity index (χ1) is 8.84. The lowest BCUT2D eigenvalue weighted by molar-refractivity contribution is -0.142. The van der Waals surface area contributed by atoms with Gasteiger partial charge in [0.25, 0.3) is 0 Å². The van der Waals surface area contributed by atoms with Crippen LogP contribution in [-0.4, -0.2) is 54.7 Å². The van der Waals surface area contributed by atoms with Crippen molar-refractivity contribution < 1.29 is 9.53 Å². The number of ether oxygens (including phenoxy) is 1. The van der Waals surface area contributed by atoms with E-state index in [1.54, 1.807) is 0 Å². The molecule has 0 bridgehead atoms. The van der Waals surface area contributed by atoms with Crippen LogP contribution >= 0.6 is 0 Å². The molecule has 5 heteroatoms. The van der Waals surface area contributed by atoms with Gasteiger partial charge in [0.15, 0.2) is 0 Å². The zero-order valence-corrected chi connectivity index (χ0v) is 10.3. The quantitative estimate of drug-likeness (QED) is 0.713. The third-order valence-corrected chi connectivity index (χ3v) is 3.64. The van der Waals surface area contributed by atoms with E-state index in [1.807, 2.05) is 24.4 Å². The van der Waals surface area contributed by atoms with Crippen LogP contribution in [0, 0.1) is 0 Å². The highest BCUT2D eigenvalue weighted by atomic mass is 16.5. The van der Waals surface area contributed by atoms with E-state index in [0.717, 1.165) is 38.4 Å². The van der Waals surface area contributed by atoms with Gasteiger partial charge in [-0.05, 0) is 12.1 Å². The second-order valence-corrected chi connectivity index (χ2v) is 4.68. The molecule has 18 heavy (non-hydrogen) atoms. The first kappa shape index (κ1) is 11.5. The van der Waals surface area contributed by atoms with E-state index < -0.39 is 0 Å². The fraction of sp³-hybridized carbons (Fsp3) is 0.538. The highest BCUT2D eigenvalue weighted by Gasteiger charge is 2.34. The van der Waals surface area contributed by atoms with E-state index in [-0.39, 0.29) is 12.0 Å². The number of aromatic nitrogens is 1. The normalized spacial score (nSPS) is 25.2. The summed E-state index contributed by atoms with van der Waals surface area (Å²) in [5.41, 5.74) is 0. The fourth-order valence-corrected chi connectivity index (χ4v) is 2.62. The van der Waals surface area contributed by atoms with Gasteiger partial charge in [0.05, 0.1) is 6.61 Å². The fourth-order valence-electron chi connectivity index (χ4n) is 2.62. The maximum Gasteiger partial charge on any atom is 0.323 e. The van der Waals surface area contributed by atoms with Crippen molar-refractivity contribution in [3.63, 3.8) is 0 Å². The number of cyclic esters (lactones) is 1. The van der Waals surface area contributed by atoms with E-state index >= 15 is 0 Å². The average Bonchev–Trinajstić information content (AvgIpc) is 2.86. The van der Waals surface area contributed by atoms with Gasteiger partial charge in [0, 0.05) is 38.8 Å². The van der Waals surface area contributed by atoms with Crippen LogP contribution in [0.4, 0.5) is 5.82 Å². The minimum Gasteiger partial charge on any atom is -0.464 e. The molecule has 2 fully saturated rings. The topological polar surface area (TPSA) is 45.7 Å². The number of carbonyl (C=O) groups is 1. The van der Waals surface area contributed by atoms with Gasteiger partial charge >= 0.3 is 5.97 Å². The molecule has 3 rings (SSSR count). The Balaban J connectivity index is 1.60. The molecule has 0 spiro atoms. The molecule has 0 N–H and O–H groups in total. The number of hydrogen-bond donors (Lipinski definition) is 0. The van der Waals surface area contributed by atoms with Gasteiger partial charge in [-0.25, -0.2) is 4.98 Å². The second kappa shape index (κ2) is 4.94. The van der Waals surface area contributed by atoms with Crippen LogP contribution < -0.4 is 4.90 Å². The SMILES string of the molecule is O=C1OCC[C@H]1N1CCN(c2ccccn2)CC1. The summed E-state index contributed by atoms with van der Waals surface area (Å²) in [4.78, 5) is 20.4. The highest BCUT2D eigenvalue weighted by Crippen LogP contribution is 2.18. The van der Waals surface area contributed by atoms with Crippen molar-refractivity contribution in [3.8, 4) is 0 Å². The Morgan fingerprint density at radius 1 is 1.22 bits per heavy atom. The predicted molar refractivity (Wildman–Crippen MR) is 67.4 cm³/mol. The van der Waals surface area contributed by atoms with Gasteiger partial charge in [0.2, 0.25) is 0 Å². The lowest BCUT2D eigenvalue weighted by Gasteiger charge is -2.37. The van der Waals surface area contributed by atoms with E-state index in [4.69, 9.17) is 4.74 Å². The van der Waals surface area contributed by atoms with Gasteiger partial charge in [-0.1, -0.05) is 6.07 Å². The zero-order valence-electron chi connectivity index (χ0n) is 10.3. The van der Waals surface area contributed by atoms with Crippen LogP contribution in [0.1, 0.15) is 6.42 Å². The van der Waals surface area contributed by atoms with E-state index in [1.165, 1.54) is 0 Å². The maximum absolute atomic E-state index is 11.5. The molecule has 0 aromatic carbocycles. The molecule has 96 valence electrons. The number of hydrogen-bond acceptors (Lipinski definition) is 5. The van der Waals surface area contributed by atoms with Crippen LogP contribution in [0.5, 0.6) is 0 Å². The summed E-state index contributed by atoms with van der Waals surface area (Å²) in [7, 11) is 0. The molecule has 2 aliphatic rings. The van der Waals surface area contributed by atoms with Crippen molar-refractivity contribution in [2.45, 2.75) is 12.5 Å². The van der Waals surface area contributed by atoms with Gasteiger partial charge in [0.1, 0.15) is 11.9 Å². The summed E-state index contributed by atoms with van der Waals surface area (Å²) < 4.78 is 5.02. The Morgan fingerprint density at radius 2 is 2.06 bits per heavy atom. The number of nitrogens with zero attached hydrogens (tertiary/aromatic N) is 3. The monoisotopic (exact) mass is 247 g/mol. The van der Waals surface area contributed by atoms with Gasteiger partial charge in [-0.15, -0.1) is 0 Å². The van der Waals surface area contributed by atoms with Crippen LogP contribution in [0.25, 0.3) is 0 Å². The van der Waals surface area contributed by atoms with Crippen LogP contribution in [0.15, 0.2) is 24.4 Å².